The normalized spacial score (nSPS) is 34.9. The largest absolute Gasteiger partial charge is 0.396 e. The second-order valence-electron chi connectivity index (χ2n) is 2.73. The van der Waals surface area contributed by atoms with Gasteiger partial charge in [-0.2, -0.15) is 0 Å². The van der Waals surface area contributed by atoms with Crippen LogP contribution < -0.4 is 11.1 Å². The molecular weight excluding hydrogens is 148 g/mol. The lowest BCUT2D eigenvalue weighted by Crippen LogP contribution is -2.33. The van der Waals surface area contributed by atoms with Gasteiger partial charge in [-0.15, -0.1) is 0 Å². The zero-order valence-corrected chi connectivity index (χ0v) is 6.03. The number of urea groups is 1. The molecule has 0 bridgehead atoms. The molecular formula is C6H12N2O3. The van der Waals surface area contributed by atoms with Crippen LogP contribution in [0.1, 0.15) is 0 Å². The second-order valence-corrected chi connectivity index (χ2v) is 2.73. The Morgan fingerprint density at radius 2 is 1.82 bits per heavy atom. The molecule has 5 heteroatoms. The van der Waals surface area contributed by atoms with E-state index in [0.717, 1.165) is 0 Å². The molecule has 0 aromatic heterocycles. The third-order valence-corrected chi connectivity index (χ3v) is 2.06. The van der Waals surface area contributed by atoms with Crippen molar-refractivity contribution >= 4 is 6.03 Å². The Balaban J connectivity index is 2.32. The summed E-state index contributed by atoms with van der Waals surface area (Å²) < 4.78 is 0. The van der Waals surface area contributed by atoms with Gasteiger partial charge < -0.3 is 21.3 Å². The van der Waals surface area contributed by atoms with E-state index < -0.39 is 6.03 Å². The maximum Gasteiger partial charge on any atom is 0.312 e. The molecule has 1 saturated carbocycles. The first-order chi connectivity index (χ1) is 5.20. The molecule has 1 aliphatic carbocycles. The van der Waals surface area contributed by atoms with Gasteiger partial charge in [0.05, 0.1) is 0 Å². The minimum atomic E-state index is -0.607. The number of aliphatic hydroxyl groups is 2. The molecule has 5 N–H and O–H groups in total. The Hall–Kier alpha value is -0.810. The Kier molecular flexibility index (Phi) is 2.31. The van der Waals surface area contributed by atoms with E-state index >= 15 is 0 Å². The van der Waals surface area contributed by atoms with Crippen molar-refractivity contribution in [1.82, 2.24) is 5.32 Å². The number of carbonyl (C=O) groups excluding carboxylic acids is 1. The van der Waals surface area contributed by atoms with Gasteiger partial charge >= 0.3 is 6.03 Å². The third kappa shape index (κ3) is 1.61. The SMILES string of the molecule is NC(=O)NC1C(CO)C1CO. The summed E-state index contributed by atoms with van der Waals surface area (Å²) in [5.41, 5.74) is 4.85. The van der Waals surface area contributed by atoms with Crippen LogP contribution in [0.5, 0.6) is 0 Å². The molecule has 0 aliphatic heterocycles. The molecule has 2 amide bonds. The summed E-state index contributed by atoms with van der Waals surface area (Å²) in [5, 5.41) is 19.8. The number of rotatable bonds is 3. The Bertz CT molecular complexity index is 152. The van der Waals surface area contributed by atoms with Gasteiger partial charge in [-0.3, -0.25) is 0 Å². The Morgan fingerprint density at radius 3 is 2.09 bits per heavy atom. The highest BCUT2D eigenvalue weighted by atomic mass is 16.3. The number of nitrogens with two attached hydrogens (primary N) is 1. The molecule has 1 rings (SSSR count). The third-order valence-electron chi connectivity index (χ3n) is 2.06. The van der Waals surface area contributed by atoms with E-state index in [9.17, 15) is 4.79 Å². The standard InChI is InChI=1S/C6H12N2O3/c7-6(11)8-5-3(1-9)4(5)2-10/h3-5,9-10H,1-2H2,(H3,7,8,11). The molecule has 0 radical (unpaired) electrons. The molecule has 2 atom stereocenters. The van der Waals surface area contributed by atoms with E-state index in [2.05, 4.69) is 5.32 Å². The smallest absolute Gasteiger partial charge is 0.312 e. The van der Waals surface area contributed by atoms with Crippen molar-refractivity contribution in [2.45, 2.75) is 6.04 Å². The fourth-order valence-corrected chi connectivity index (χ4v) is 1.32. The van der Waals surface area contributed by atoms with Crippen LogP contribution in [0.2, 0.25) is 0 Å². The summed E-state index contributed by atoms with van der Waals surface area (Å²) in [6, 6.07) is -0.744. The second kappa shape index (κ2) is 3.06. The van der Waals surface area contributed by atoms with Crippen LogP contribution in [0.4, 0.5) is 4.79 Å². The molecule has 0 aromatic rings. The molecule has 1 aliphatic rings. The summed E-state index contributed by atoms with van der Waals surface area (Å²) in [5.74, 6) is -0.0417. The highest BCUT2D eigenvalue weighted by Gasteiger charge is 2.49. The summed E-state index contributed by atoms with van der Waals surface area (Å²) in [4.78, 5) is 10.3. The van der Waals surface area contributed by atoms with Crippen LogP contribution in [-0.4, -0.2) is 35.5 Å². The van der Waals surface area contributed by atoms with Crippen LogP contribution in [0, 0.1) is 11.8 Å². The molecule has 11 heavy (non-hydrogen) atoms. The molecule has 0 spiro atoms. The van der Waals surface area contributed by atoms with Gasteiger partial charge in [0.1, 0.15) is 0 Å². The van der Waals surface area contributed by atoms with Gasteiger partial charge in [0.25, 0.3) is 0 Å². The molecule has 0 heterocycles. The van der Waals surface area contributed by atoms with E-state index in [1.165, 1.54) is 0 Å². The van der Waals surface area contributed by atoms with Crippen LogP contribution >= 0.6 is 0 Å². The maximum atomic E-state index is 10.3. The number of nitrogens with one attached hydrogen (secondary N) is 1. The average Bonchev–Trinajstić information content (AvgIpc) is 2.60. The lowest BCUT2D eigenvalue weighted by molar-refractivity contribution is 0.232. The number of carbonyl (C=O) groups is 1. The van der Waals surface area contributed by atoms with Gasteiger partial charge in [0, 0.05) is 31.1 Å². The summed E-state index contributed by atoms with van der Waals surface area (Å²) in [7, 11) is 0. The number of hydrogen-bond donors (Lipinski definition) is 4. The number of hydrogen-bond acceptors (Lipinski definition) is 3. The fourth-order valence-electron chi connectivity index (χ4n) is 1.32. The molecule has 0 aromatic carbocycles. The molecule has 1 fully saturated rings. The van der Waals surface area contributed by atoms with Crippen LogP contribution in [0.25, 0.3) is 0 Å². The monoisotopic (exact) mass is 160 g/mol. The van der Waals surface area contributed by atoms with Crippen molar-refractivity contribution in [3.8, 4) is 0 Å². The van der Waals surface area contributed by atoms with E-state index in [4.69, 9.17) is 15.9 Å². The predicted octanol–water partition coefficient (Wildman–Crippen LogP) is -1.75. The van der Waals surface area contributed by atoms with E-state index in [0.29, 0.717) is 0 Å². The quantitative estimate of drug-likeness (QED) is 0.394. The minimum Gasteiger partial charge on any atom is -0.396 e. The zero-order chi connectivity index (χ0) is 8.43. The first kappa shape index (κ1) is 8.29. The molecule has 5 nitrogen and oxygen atoms in total. The van der Waals surface area contributed by atoms with Gasteiger partial charge in [-0.05, 0) is 0 Å². The van der Waals surface area contributed by atoms with Crippen molar-refractivity contribution in [2.24, 2.45) is 17.6 Å². The zero-order valence-electron chi connectivity index (χ0n) is 6.03. The van der Waals surface area contributed by atoms with E-state index in [-0.39, 0.29) is 31.1 Å². The van der Waals surface area contributed by atoms with Crippen molar-refractivity contribution in [1.29, 1.82) is 0 Å². The fraction of sp³-hybridized carbons (Fsp3) is 0.833. The maximum absolute atomic E-state index is 10.3. The van der Waals surface area contributed by atoms with Crippen LogP contribution in [0.15, 0.2) is 0 Å². The first-order valence-electron chi connectivity index (χ1n) is 3.48. The molecule has 64 valence electrons. The average molecular weight is 160 g/mol. The summed E-state index contributed by atoms with van der Waals surface area (Å²) >= 11 is 0. The lowest BCUT2D eigenvalue weighted by atomic mass is 10.3. The van der Waals surface area contributed by atoms with Crippen molar-refractivity contribution in [3.63, 3.8) is 0 Å². The molecule has 2 unspecified atom stereocenters. The lowest BCUT2D eigenvalue weighted by Gasteiger charge is -1.96. The van der Waals surface area contributed by atoms with Gasteiger partial charge in [-0.1, -0.05) is 0 Å². The van der Waals surface area contributed by atoms with Gasteiger partial charge in [0.15, 0.2) is 0 Å². The highest BCUT2D eigenvalue weighted by Crippen LogP contribution is 2.37. The highest BCUT2D eigenvalue weighted by molar-refractivity contribution is 5.72. The topological polar surface area (TPSA) is 95.6 Å². The van der Waals surface area contributed by atoms with Crippen molar-refractivity contribution in [2.75, 3.05) is 13.2 Å². The van der Waals surface area contributed by atoms with Crippen LogP contribution in [0.3, 0.4) is 0 Å². The van der Waals surface area contributed by atoms with E-state index in [1.54, 1.807) is 0 Å². The predicted molar refractivity (Wildman–Crippen MR) is 37.7 cm³/mol. The first-order valence-corrected chi connectivity index (χ1v) is 3.48. The Morgan fingerprint density at radius 1 is 1.36 bits per heavy atom. The van der Waals surface area contributed by atoms with E-state index in [1.807, 2.05) is 0 Å². The summed E-state index contributed by atoms with van der Waals surface area (Å²) in [6.07, 6.45) is 0. The Labute approximate surface area is 64.2 Å². The number of aliphatic hydroxyl groups excluding tert-OH is 2. The molecule has 0 saturated heterocycles. The van der Waals surface area contributed by atoms with Crippen molar-refractivity contribution in [3.05, 3.63) is 0 Å². The number of primary amides is 1. The van der Waals surface area contributed by atoms with Gasteiger partial charge in [0.2, 0.25) is 0 Å². The minimum absolute atomic E-state index is 0.0177. The van der Waals surface area contributed by atoms with Crippen LogP contribution in [-0.2, 0) is 0 Å². The van der Waals surface area contributed by atoms with Crippen molar-refractivity contribution < 1.29 is 15.0 Å². The van der Waals surface area contributed by atoms with Gasteiger partial charge in [-0.25, -0.2) is 4.79 Å². The summed E-state index contributed by atoms with van der Waals surface area (Å²) in [6.45, 7) is -0.0354. The number of amides is 2.